The van der Waals surface area contributed by atoms with Crippen molar-refractivity contribution in [1.82, 2.24) is 15.0 Å². The summed E-state index contributed by atoms with van der Waals surface area (Å²) in [5.41, 5.74) is 6.07. The molecule has 9 heteroatoms. The number of imidazole rings is 1. The number of carbonyl (C=O) groups is 1. The average molecular weight is 495 g/mol. The van der Waals surface area contributed by atoms with Gasteiger partial charge in [0.15, 0.2) is 5.16 Å². The molecule has 0 aliphatic rings. The number of halogens is 1. The van der Waals surface area contributed by atoms with Crippen molar-refractivity contribution in [3.05, 3.63) is 82.9 Å². The van der Waals surface area contributed by atoms with E-state index < -0.39 is 0 Å². The quantitative estimate of drug-likeness (QED) is 0.201. The smallest absolute Gasteiger partial charge is 0.250 e. The summed E-state index contributed by atoms with van der Waals surface area (Å²) < 4.78 is 12.6. The predicted octanol–water partition coefficient (Wildman–Crippen LogP) is 5.00. The predicted molar refractivity (Wildman–Crippen MR) is 136 cm³/mol. The molecule has 0 atom stereocenters. The Morgan fingerprint density at radius 1 is 1.12 bits per heavy atom. The third-order valence-corrected chi connectivity index (χ3v) is 6.41. The van der Waals surface area contributed by atoms with Crippen LogP contribution in [-0.4, -0.2) is 41.6 Å². The van der Waals surface area contributed by atoms with Crippen molar-refractivity contribution in [3.63, 3.8) is 0 Å². The summed E-state index contributed by atoms with van der Waals surface area (Å²) >= 11 is 7.73. The number of fused-ring (bicyclic) bond motifs is 1. The molecule has 4 aromatic rings. The van der Waals surface area contributed by atoms with Crippen LogP contribution in [0.4, 0.5) is 0 Å². The fourth-order valence-electron chi connectivity index (χ4n) is 3.39. The topological polar surface area (TPSA) is 77.7 Å². The highest BCUT2D eigenvalue weighted by molar-refractivity contribution is 7.99. The lowest BCUT2D eigenvalue weighted by atomic mass is 10.2. The molecule has 174 valence electrons. The number of aromatic nitrogens is 2. The SMILES string of the molecule is COc1ccc(OC)c(/C=N\NC(=O)CSc2nc3ccccc3n2Cc2ccccc2Cl)c1. The lowest BCUT2D eigenvalue weighted by Gasteiger charge is -2.10. The normalized spacial score (nSPS) is 11.1. The highest BCUT2D eigenvalue weighted by Gasteiger charge is 2.14. The van der Waals surface area contributed by atoms with Crippen LogP contribution in [0.3, 0.4) is 0 Å². The average Bonchev–Trinajstić information content (AvgIpc) is 3.21. The van der Waals surface area contributed by atoms with Crippen LogP contribution < -0.4 is 14.9 Å². The number of amides is 1. The summed E-state index contributed by atoms with van der Waals surface area (Å²) in [4.78, 5) is 17.2. The summed E-state index contributed by atoms with van der Waals surface area (Å²) in [5.74, 6) is 1.20. The van der Waals surface area contributed by atoms with Crippen LogP contribution in [0.2, 0.25) is 5.02 Å². The van der Waals surface area contributed by atoms with Gasteiger partial charge in [-0.15, -0.1) is 0 Å². The standard InChI is InChI=1S/C25H23ClN4O3S/c1-32-19-11-12-23(33-2)18(13-19)14-27-29-24(31)16-34-25-28-21-9-5-6-10-22(21)30(25)15-17-7-3-4-8-20(17)26/h3-14H,15-16H2,1-2H3,(H,29,31)/b27-14-. The van der Waals surface area contributed by atoms with Crippen molar-refractivity contribution >= 4 is 46.5 Å². The maximum absolute atomic E-state index is 12.5. The van der Waals surface area contributed by atoms with Crippen molar-refractivity contribution in [2.24, 2.45) is 5.10 Å². The second-order valence-electron chi connectivity index (χ2n) is 7.25. The molecule has 3 aromatic carbocycles. The molecule has 0 radical (unpaired) electrons. The molecule has 34 heavy (non-hydrogen) atoms. The first kappa shape index (κ1) is 23.7. The van der Waals surface area contributed by atoms with Crippen molar-refractivity contribution in [3.8, 4) is 11.5 Å². The van der Waals surface area contributed by atoms with Gasteiger partial charge in [-0.25, -0.2) is 10.4 Å². The largest absolute Gasteiger partial charge is 0.497 e. The van der Waals surface area contributed by atoms with Gasteiger partial charge in [0.05, 0.1) is 43.8 Å². The van der Waals surface area contributed by atoms with Gasteiger partial charge < -0.3 is 14.0 Å². The lowest BCUT2D eigenvalue weighted by molar-refractivity contribution is -0.118. The van der Waals surface area contributed by atoms with E-state index in [1.807, 2.05) is 48.5 Å². The zero-order valence-corrected chi connectivity index (χ0v) is 20.3. The number of methoxy groups -OCH3 is 2. The van der Waals surface area contributed by atoms with E-state index in [4.69, 9.17) is 26.1 Å². The van der Waals surface area contributed by atoms with Gasteiger partial charge in [0.1, 0.15) is 11.5 Å². The van der Waals surface area contributed by atoms with Crippen LogP contribution in [0.1, 0.15) is 11.1 Å². The van der Waals surface area contributed by atoms with Crippen LogP contribution in [0.15, 0.2) is 77.0 Å². The molecule has 0 spiro atoms. The molecule has 1 N–H and O–H groups in total. The zero-order chi connectivity index (χ0) is 23.9. The van der Waals surface area contributed by atoms with Gasteiger partial charge >= 0.3 is 0 Å². The number of thioether (sulfide) groups is 1. The Bertz CT molecular complexity index is 1340. The number of benzene rings is 3. The van der Waals surface area contributed by atoms with Crippen LogP contribution in [0, 0.1) is 0 Å². The van der Waals surface area contributed by atoms with E-state index in [2.05, 4.69) is 15.1 Å². The molecule has 0 saturated heterocycles. The maximum atomic E-state index is 12.5. The van der Waals surface area contributed by atoms with Gasteiger partial charge in [-0.3, -0.25) is 4.79 Å². The highest BCUT2D eigenvalue weighted by atomic mass is 35.5. The number of ether oxygens (including phenoxy) is 2. The number of para-hydroxylation sites is 2. The summed E-state index contributed by atoms with van der Waals surface area (Å²) in [5, 5.41) is 5.49. The molecular weight excluding hydrogens is 472 g/mol. The van der Waals surface area contributed by atoms with Crippen molar-refractivity contribution in [2.45, 2.75) is 11.7 Å². The zero-order valence-electron chi connectivity index (χ0n) is 18.7. The van der Waals surface area contributed by atoms with Crippen molar-refractivity contribution in [1.29, 1.82) is 0 Å². The highest BCUT2D eigenvalue weighted by Crippen LogP contribution is 2.27. The van der Waals surface area contributed by atoms with E-state index in [0.717, 1.165) is 21.8 Å². The molecule has 1 aromatic heterocycles. The molecule has 0 aliphatic heterocycles. The Kier molecular flexibility index (Phi) is 7.72. The minimum atomic E-state index is -0.250. The number of nitrogens with zero attached hydrogens (tertiary/aromatic N) is 3. The van der Waals surface area contributed by atoms with Gasteiger partial charge in [0.2, 0.25) is 0 Å². The maximum Gasteiger partial charge on any atom is 0.250 e. The summed E-state index contributed by atoms with van der Waals surface area (Å²) in [6.45, 7) is 0.553. The van der Waals surface area contributed by atoms with Gasteiger partial charge in [-0.2, -0.15) is 5.10 Å². The molecule has 0 saturated carbocycles. The van der Waals surface area contributed by atoms with E-state index in [-0.39, 0.29) is 11.7 Å². The van der Waals surface area contributed by atoms with E-state index >= 15 is 0 Å². The molecule has 4 rings (SSSR count). The monoisotopic (exact) mass is 494 g/mol. The second kappa shape index (κ2) is 11.1. The molecule has 0 fully saturated rings. The Hall–Kier alpha value is -3.49. The lowest BCUT2D eigenvalue weighted by Crippen LogP contribution is -2.20. The molecule has 0 unspecified atom stereocenters. The van der Waals surface area contributed by atoms with Crippen molar-refractivity contribution in [2.75, 3.05) is 20.0 Å². The minimum absolute atomic E-state index is 0.151. The molecule has 0 bridgehead atoms. The summed E-state index contributed by atoms with van der Waals surface area (Å²) in [7, 11) is 3.16. The molecule has 7 nitrogen and oxygen atoms in total. The van der Waals surface area contributed by atoms with Crippen LogP contribution >= 0.6 is 23.4 Å². The molecule has 1 heterocycles. The third-order valence-electron chi connectivity index (χ3n) is 5.07. The number of nitrogens with one attached hydrogen (secondary N) is 1. The molecular formula is C25H23ClN4O3S. The fraction of sp³-hybridized carbons (Fsp3) is 0.160. The summed E-state index contributed by atoms with van der Waals surface area (Å²) in [6, 6.07) is 20.9. The Morgan fingerprint density at radius 3 is 2.71 bits per heavy atom. The van der Waals surface area contributed by atoms with Crippen molar-refractivity contribution < 1.29 is 14.3 Å². The van der Waals surface area contributed by atoms with E-state index in [1.54, 1.807) is 32.4 Å². The first-order chi connectivity index (χ1) is 16.6. The van der Waals surface area contributed by atoms with Gasteiger partial charge in [0.25, 0.3) is 5.91 Å². The Morgan fingerprint density at radius 2 is 1.91 bits per heavy atom. The Balaban J connectivity index is 1.46. The van der Waals surface area contributed by atoms with Crippen LogP contribution in [-0.2, 0) is 11.3 Å². The first-order valence-electron chi connectivity index (χ1n) is 10.4. The minimum Gasteiger partial charge on any atom is -0.497 e. The first-order valence-corrected chi connectivity index (χ1v) is 11.8. The van der Waals surface area contributed by atoms with Gasteiger partial charge in [0, 0.05) is 10.6 Å². The number of carbonyl (C=O) groups excluding carboxylic acids is 1. The van der Waals surface area contributed by atoms with E-state index in [1.165, 1.54) is 18.0 Å². The molecule has 0 aliphatic carbocycles. The van der Waals surface area contributed by atoms with E-state index in [0.29, 0.717) is 28.6 Å². The van der Waals surface area contributed by atoms with E-state index in [9.17, 15) is 4.79 Å². The fourth-order valence-corrected chi connectivity index (χ4v) is 4.39. The number of hydrogen-bond acceptors (Lipinski definition) is 6. The summed E-state index contributed by atoms with van der Waals surface area (Å²) in [6.07, 6.45) is 1.52. The number of rotatable bonds is 9. The second-order valence-corrected chi connectivity index (χ2v) is 8.60. The van der Waals surface area contributed by atoms with Crippen LogP contribution in [0.25, 0.3) is 11.0 Å². The van der Waals surface area contributed by atoms with Crippen LogP contribution in [0.5, 0.6) is 11.5 Å². The number of hydrazone groups is 1. The molecule has 1 amide bonds. The van der Waals surface area contributed by atoms with Gasteiger partial charge in [-0.1, -0.05) is 53.7 Å². The number of hydrogen-bond donors (Lipinski definition) is 1. The van der Waals surface area contributed by atoms with Gasteiger partial charge in [-0.05, 0) is 42.0 Å². The Labute approximate surface area is 206 Å². The third kappa shape index (κ3) is 5.52.